The van der Waals surface area contributed by atoms with Crippen LogP contribution in [0.5, 0.6) is 0 Å². The van der Waals surface area contributed by atoms with E-state index in [1.807, 2.05) is 71.0 Å². The highest BCUT2D eigenvalue weighted by Crippen LogP contribution is 2.29. The van der Waals surface area contributed by atoms with E-state index in [0.29, 0.717) is 11.3 Å². The molecule has 0 aliphatic heterocycles. The lowest BCUT2D eigenvalue weighted by molar-refractivity contribution is -0.139. The number of aryl methyl sites for hydroxylation is 3. The van der Waals surface area contributed by atoms with Gasteiger partial charge in [0.05, 0.1) is 10.6 Å². The van der Waals surface area contributed by atoms with E-state index in [2.05, 4.69) is 21.2 Å². The number of nitrogens with one attached hydrogen (secondary N) is 1. The van der Waals surface area contributed by atoms with Gasteiger partial charge in [0.15, 0.2) is 0 Å². The van der Waals surface area contributed by atoms with Crippen molar-refractivity contribution in [2.24, 2.45) is 0 Å². The number of hydrogen-bond donors (Lipinski definition) is 1. The van der Waals surface area contributed by atoms with E-state index in [-0.39, 0.29) is 23.4 Å². The van der Waals surface area contributed by atoms with Gasteiger partial charge in [-0.3, -0.25) is 13.9 Å². The maximum Gasteiger partial charge on any atom is 0.264 e. The number of benzene rings is 3. The fraction of sp³-hybridized carbons (Fsp3) is 0.333. The van der Waals surface area contributed by atoms with Crippen LogP contribution < -0.4 is 9.62 Å². The molecule has 7 nitrogen and oxygen atoms in total. The Labute approximate surface area is 240 Å². The highest BCUT2D eigenvalue weighted by Gasteiger charge is 2.33. The molecule has 9 heteroatoms. The molecule has 0 saturated carbocycles. The van der Waals surface area contributed by atoms with Crippen LogP contribution in [0.1, 0.15) is 43.0 Å². The third-order valence-electron chi connectivity index (χ3n) is 6.39. The molecule has 0 aliphatic carbocycles. The first-order chi connectivity index (χ1) is 18.3. The number of carbonyl (C=O) groups excluding carboxylic acids is 2. The van der Waals surface area contributed by atoms with Crippen molar-refractivity contribution in [2.45, 2.75) is 65.1 Å². The maximum absolute atomic E-state index is 14.0. The molecule has 0 bridgehead atoms. The van der Waals surface area contributed by atoms with Gasteiger partial charge in [-0.1, -0.05) is 57.9 Å². The number of rotatable bonds is 10. The summed E-state index contributed by atoms with van der Waals surface area (Å²) in [4.78, 5) is 28.5. The zero-order valence-electron chi connectivity index (χ0n) is 23.2. The topological polar surface area (TPSA) is 86.8 Å². The largest absolute Gasteiger partial charge is 0.352 e. The van der Waals surface area contributed by atoms with Crippen LogP contribution in [0.25, 0.3) is 0 Å². The van der Waals surface area contributed by atoms with E-state index < -0.39 is 28.5 Å². The van der Waals surface area contributed by atoms with Gasteiger partial charge >= 0.3 is 0 Å². The Morgan fingerprint density at radius 2 is 1.46 bits per heavy atom. The number of anilines is 1. The van der Waals surface area contributed by atoms with Crippen LogP contribution >= 0.6 is 15.9 Å². The quantitative estimate of drug-likeness (QED) is 0.326. The van der Waals surface area contributed by atoms with Gasteiger partial charge in [0.1, 0.15) is 12.6 Å². The predicted octanol–water partition coefficient (Wildman–Crippen LogP) is 5.51. The Morgan fingerprint density at radius 1 is 0.872 bits per heavy atom. The third-order valence-corrected chi connectivity index (χ3v) is 8.69. The second-order valence-corrected chi connectivity index (χ2v) is 12.9. The molecule has 3 aromatic rings. The van der Waals surface area contributed by atoms with E-state index in [1.54, 1.807) is 37.3 Å². The summed E-state index contributed by atoms with van der Waals surface area (Å²) in [6.07, 6.45) is 0. The fourth-order valence-corrected chi connectivity index (χ4v) is 5.85. The number of hydrogen-bond acceptors (Lipinski definition) is 4. The van der Waals surface area contributed by atoms with Crippen LogP contribution in [0.2, 0.25) is 0 Å². The molecule has 0 spiro atoms. The SMILES string of the molecule is Cc1ccc(S(=O)(=O)N(CC(=O)N(Cc2ccc(Br)cc2)[C@H](C)C(=O)NC(C)C)c2cc(C)ccc2C)cc1. The summed E-state index contributed by atoms with van der Waals surface area (Å²) < 4.78 is 30.0. The van der Waals surface area contributed by atoms with Gasteiger partial charge < -0.3 is 10.2 Å². The molecule has 0 fully saturated rings. The van der Waals surface area contributed by atoms with Crippen molar-refractivity contribution in [3.8, 4) is 0 Å². The number of amides is 2. The molecular formula is C30H36BrN3O4S. The van der Waals surface area contributed by atoms with Crippen molar-refractivity contribution < 1.29 is 18.0 Å². The van der Waals surface area contributed by atoms with E-state index in [1.165, 1.54) is 4.90 Å². The Kier molecular flexibility index (Phi) is 9.96. The summed E-state index contributed by atoms with van der Waals surface area (Å²) in [6.45, 7) is 10.6. The van der Waals surface area contributed by atoms with Crippen LogP contribution in [0.15, 0.2) is 76.1 Å². The molecule has 39 heavy (non-hydrogen) atoms. The number of nitrogens with zero attached hydrogens (tertiary/aromatic N) is 2. The van der Waals surface area contributed by atoms with Gasteiger partial charge in [-0.25, -0.2) is 8.42 Å². The van der Waals surface area contributed by atoms with E-state index in [0.717, 1.165) is 25.5 Å². The zero-order chi connectivity index (χ0) is 28.9. The number of carbonyl (C=O) groups is 2. The molecule has 1 N–H and O–H groups in total. The molecule has 0 saturated heterocycles. The minimum atomic E-state index is -4.10. The second-order valence-electron chi connectivity index (χ2n) is 10.1. The molecule has 2 amide bonds. The van der Waals surface area contributed by atoms with Crippen molar-refractivity contribution in [3.05, 3.63) is 93.5 Å². The van der Waals surface area contributed by atoms with E-state index in [4.69, 9.17) is 0 Å². The molecule has 3 aromatic carbocycles. The molecule has 3 rings (SSSR count). The van der Waals surface area contributed by atoms with Crippen LogP contribution in [0.4, 0.5) is 5.69 Å². The minimum absolute atomic E-state index is 0.0897. The summed E-state index contributed by atoms with van der Waals surface area (Å²) in [5.41, 5.74) is 3.74. The first kappa shape index (κ1) is 30.4. The van der Waals surface area contributed by atoms with Crippen LogP contribution in [0.3, 0.4) is 0 Å². The van der Waals surface area contributed by atoms with E-state index in [9.17, 15) is 18.0 Å². The fourth-order valence-electron chi connectivity index (χ4n) is 4.11. The maximum atomic E-state index is 14.0. The van der Waals surface area contributed by atoms with Crippen LogP contribution in [0, 0.1) is 20.8 Å². The Morgan fingerprint density at radius 3 is 2.05 bits per heavy atom. The smallest absolute Gasteiger partial charge is 0.264 e. The van der Waals surface area contributed by atoms with Gasteiger partial charge in [0.2, 0.25) is 11.8 Å². The lowest BCUT2D eigenvalue weighted by atomic mass is 10.1. The molecule has 208 valence electrons. The first-order valence-electron chi connectivity index (χ1n) is 12.8. The van der Waals surface area contributed by atoms with Crippen molar-refractivity contribution in [3.63, 3.8) is 0 Å². The molecule has 0 aliphatic rings. The summed E-state index contributed by atoms with van der Waals surface area (Å²) in [5.74, 6) is -0.795. The standard InChI is InChI=1S/C30H36BrN3O4S/c1-20(2)32-30(36)24(6)33(18-25-11-13-26(31)14-12-25)29(35)19-34(28-17-22(4)7-10-23(28)5)39(37,38)27-15-8-21(3)9-16-27/h7-17,20,24H,18-19H2,1-6H3,(H,32,36)/t24-/m1/s1. The zero-order valence-corrected chi connectivity index (χ0v) is 25.6. The van der Waals surface area contributed by atoms with Crippen molar-refractivity contribution in [1.82, 2.24) is 10.2 Å². The Hall–Kier alpha value is -3.17. The monoisotopic (exact) mass is 613 g/mol. The molecular weight excluding hydrogens is 578 g/mol. The molecule has 0 unspecified atom stereocenters. The van der Waals surface area contributed by atoms with Crippen LogP contribution in [-0.2, 0) is 26.2 Å². The average Bonchev–Trinajstić information content (AvgIpc) is 2.87. The highest BCUT2D eigenvalue weighted by molar-refractivity contribution is 9.10. The molecule has 1 atom stereocenters. The number of sulfonamides is 1. The molecule has 0 radical (unpaired) electrons. The van der Waals surface area contributed by atoms with Gasteiger partial charge in [-0.15, -0.1) is 0 Å². The molecule has 0 aromatic heterocycles. The Bertz CT molecular complexity index is 1420. The summed E-state index contributed by atoms with van der Waals surface area (Å²) in [7, 11) is -4.10. The minimum Gasteiger partial charge on any atom is -0.352 e. The average molecular weight is 615 g/mol. The highest BCUT2D eigenvalue weighted by atomic mass is 79.9. The van der Waals surface area contributed by atoms with Crippen molar-refractivity contribution in [2.75, 3.05) is 10.8 Å². The predicted molar refractivity (Wildman–Crippen MR) is 159 cm³/mol. The second kappa shape index (κ2) is 12.8. The summed E-state index contributed by atoms with van der Waals surface area (Å²) in [5, 5.41) is 2.86. The third kappa shape index (κ3) is 7.70. The number of halogens is 1. The lowest BCUT2D eigenvalue weighted by Gasteiger charge is -2.33. The van der Waals surface area contributed by atoms with Gasteiger partial charge in [-0.05, 0) is 88.6 Å². The Balaban J connectivity index is 2.07. The molecule has 0 heterocycles. The first-order valence-corrected chi connectivity index (χ1v) is 15.0. The van der Waals surface area contributed by atoms with Crippen LogP contribution in [-0.4, -0.2) is 43.8 Å². The summed E-state index contributed by atoms with van der Waals surface area (Å²) >= 11 is 3.42. The van der Waals surface area contributed by atoms with Gasteiger partial charge in [0.25, 0.3) is 10.0 Å². The normalized spacial score (nSPS) is 12.2. The van der Waals surface area contributed by atoms with Gasteiger partial charge in [-0.2, -0.15) is 0 Å². The van der Waals surface area contributed by atoms with E-state index >= 15 is 0 Å². The lowest BCUT2D eigenvalue weighted by Crippen LogP contribution is -2.52. The van der Waals surface area contributed by atoms with Crippen molar-refractivity contribution >= 4 is 43.5 Å². The van der Waals surface area contributed by atoms with Crippen molar-refractivity contribution in [1.29, 1.82) is 0 Å². The van der Waals surface area contributed by atoms with Gasteiger partial charge in [0, 0.05) is 17.1 Å². The summed E-state index contributed by atoms with van der Waals surface area (Å²) in [6, 6.07) is 18.6.